The van der Waals surface area contributed by atoms with E-state index < -0.39 is 41.8 Å². The van der Waals surface area contributed by atoms with Gasteiger partial charge in [0, 0.05) is 5.75 Å². The van der Waals surface area contributed by atoms with Crippen LogP contribution in [0.5, 0.6) is 0 Å². The number of hydrogen-bond donors (Lipinski definition) is 4. The highest BCUT2D eigenvalue weighted by Crippen LogP contribution is 2.40. The van der Waals surface area contributed by atoms with E-state index in [9.17, 15) is 24.6 Å². The van der Waals surface area contributed by atoms with Crippen molar-refractivity contribution in [2.45, 2.75) is 17.5 Å². The van der Waals surface area contributed by atoms with Gasteiger partial charge >= 0.3 is 5.97 Å². The van der Waals surface area contributed by atoms with E-state index in [0.29, 0.717) is 5.56 Å². The molecule has 9 heteroatoms. The van der Waals surface area contributed by atoms with Crippen LogP contribution in [0.15, 0.2) is 41.6 Å². The van der Waals surface area contributed by atoms with Gasteiger partial charge in [-0.25, -0.2) is 4.79 Å². The molecule has 2 aliphatic rings. The predicted octanol–water partition coefficient (Wildman–Crippen LogP) is -0.583. The van der Waals surface area contributed by atoms with Crippen molar-refractivity contribution in [1.82, 2.24) is 10.2 Å². The third-order valence-electron chi connectivity index (χ3n) is 4.18. The molecular weight excluding hydrogens is 346 g/mol. The summed E-state index contributed by atoms with van der Waals surface area (Å²) in [7, 11) is 0. The quantitative estimate of drug-likeness (QED) is 0.514. The van der Waals surface area contributed by atoms with Gasteiger partial charge in [-0.2, -0.15) is 0 Å². The third kappa shape index (κ3) is 3.01. The Labute approximate surface area is 147 Å². The highest BCUT2D eigenvalue weighted by Gasteiger charge is 2.54. The highest BCUT2D eigenvalue weighted by atomic mass is 32.2. The summed E-state index contributed by atoms with van der Waals surface area (Å²) in [6.07, 6.45) is 0. The van der Waals surface area contributed by atoms with Crippen molar-refractivity contribution in [1.29, 1.82) is 0 Å². The van der Waals surface area contributed by atoms with Gasteiger partial charge in [0.1, 0.15) is 23.2 Å². The number of carboxylic acids is 1. The zero-order chi connectivity index (χ0) is 18.1. The van der Waals surface area contributed by atoms with Crippen molar-refractivity contribution in [3.8, 4) is 0 Å². The van der Waals surface area contributed by atoms with Gasteiger partial charge in [-0.1, -0.05) is 30.3 Å². The van der Waals surface area contributed by atoms with Crippen molar-refractivity contribution in [2.24, 2.45) is 5.73 Å². The second-order valence-electron chi connectivity index (χ2n) is 5.70. The van der Waals surface area contributed by atoms with Crippen LogP contribution in [0.4, 0.5) is 0 Å². The fourth-order valence-corrected chi connectivity index (χ4v) is 4.19. The van der Waals surface area contributed by atoms with E-state index >= 15 is 0 Å². The molecule has 3 rings (SSSR count). The summed E-state index contributed by atoms with van der Waals surface area (Å²) in [5.74, 6) is -2.01. The maximum absolute atomic E-state index is 12.3. The lowest BCUT2D eigenvalue weighted by molar-refractivity contribution is -0.151. The number of nitrogens with one attached hydrogen (secondary N) is 1. The summed E-state index contributed by atoms with van der Waals surface area (Å²) in [6.45, 7) is -0.430. The number of aliphatic hydroxyl groups is 1. The van der Waals surface area contributed by atoms with Crippen molar-refractivity contribution in [3.63, 3.8) is 0 Å². The summed E-state index contributed by atoms with van der Waals surface area (Å²) in [6, 6.07) is 7.01. The molecule has 2 aliphatic heterocycles. The Morgan fingerprint density at radius 3 is 2.64 bits per heavy atom. The fourth-order valence-electron chi connectivity index (χ4n) is 2.86. The Morgan fingerprint density at radius 1 is 1.36 bits per heavy atom. The van der Waals surface area contributed by atoms with Gasteiger partial charge in [0.25, 0.3) is 5.91 Å². The summed E-state index contributed by atoms with van der Waals surface area (Å²) in [5, 5.41) is 20.7. The zero-order valence-corrected chi connectivity index (χ0v) is 13.9. The van der Waals surface area contributed by atoms with Crippen LogP contribution in [-0.2, 0) is 14.4 Å². The first-order valence-electron chi connectivity index (χ1n) is 7.57. The monoisotopic (exact) mass is 363 g/mol. The van der Waals surface area contributed by atoms with Crippen LogP contribution in [-0.4, -0.2) is 56.7 Å². The van der Waals surface area contributed by atoms with Crippen LogP contribution in [0.2, 0.25) is 0 Å². The number of nitrogens with two attached hydrogens (primary N) is 1. The molecule has 0 aliphatic carbocycles. The van der Waals surface area contributed by atoms with Gasteiger partial charge in [-0.05, 0) is 11.1 Å². The Bertz CT molecular complexity index is 751. The van der Waals surface area contributed by atoms with Crippen LogP contribution < -0.4 is 11.1 Å². The summed E-state index contributed by atoms with van der Waals surface area (Å²) in [4.78, 5) is 37.2. The average molecular weight is 363 g/mol. The number of thioether (sulfide) groups is 1. The maximum atomic E-state index is 12.3. The second kappa shape index (κ2) is 6.87. The van der Waals surface area contributed by atoms with E-state index in [1.807, 2.05) is 0 Å². The zero-order valence-electron chi connectivity index (χ0n) is 13.1. The lowest BCUT2D eigenvalue weighted by Gasteiger charge is -2.49. The van der Waals surface area contributed by atoms with Crippen molar-refractivity contribution in [2.75, 3.05) is 12.4 Å². The molecule has 1 fully saturated rings. The molecule has 0 aromatic heterocycles. The predicted molar refractivity (Wildman–Crippen MR) is 90.1 cm³/mol. The third-order valence-corrected chi connectivity index (χ3v) is 5.52. The number of aliphatic hydroxyl groups excluding tert-OH is 1. The number of benzene rings is 1. The molecular formula is C16H17N3O5S. The van der Waals surface area contributed by atoms with E-state index in [-0.39, 0.29) is 17.0 Å². The molecule has 1 aromatic carbocycles. The van der Waals surface area contributed by atoms with E-state index in [0.717, 1.165) is 4.90 Å². The van der Waals surface area contributed by atoms with Crippen molar-refractivity contribution < 1.29 is 24.6 Å². The average Bonchev–Trinajstić information content (AvgIpc) is 2.64. The molecule has 8 nitrogen and oxygen atoms in total. The number of carboxylic acid groups (broad SMARTS) is 1. The first kappa shape index (κ1) is 17.5. The maximum Gasteiger partial charge on any atom is 0.352 e. The normalized spacial score (nSPS) is 23.6. The minimum absolute atomic E-state index is 0.200. The number of hydrogen-bond acceptors (Lipinski definition) is 6. The number of rotatable bonds is 5. The Morgan fingerprint density at radius 2 is 2.04 bits per heavy atom. The number of β-lactam (4-membered cyclic amide) rings is 1. The van der Waals surface area contributed by atoms with Crippen LogP contribution >= 0.6 is 11.8 Å². The molecule has 1 aromatic rings. The molecule has 3 atom stereocenters. The first-order valence-corrected chi connectivity index (χ1v) is 8.62. The molecule has 2 amide bonds. The first-order chi connectivity index (χ1) is 12.0. The summed E-state index contributed by atoms with van der Waals surface area (Å²) >= 11 is 1.30. The highest BCUT2D eigenvalue weighted by molar-refractivity contribution is 8.00. The Balaban J connectivity index is 1.73. The van der Waals surface area contributed by atoms with E-state index in [1.54, 1.807) is 30.3 Å². The number of fused-ring (bicyclic) bond motifs is 1. The largest absolute Gasteiger partial charge is 0.477 e. The van der Waals surface area contributed by atoms with Crippen LogP contribution in [0.3, 0.4) is 0 Å². The van der Waals surface area contributed by atoms with Crippen LogP contribution in [0.25, 0.3) is 0 Å². The SMILES string of the molecule is N[C@@H](C(=O)N[C@@H]1C(=O)N2C(C(=O)O)=C(CO)CS[C@H]12)c1ccccc1. The van der Waals surface area contributed by atoms with Gasteiger partial charge in [-0.15, -0.1) is 11.8 Å². The lowest BCUT2D eigenvalue weighted by Crippen LogP contribution is -2.71. The smallest absolute Gasteiger partial charge is 0.352 e. The molecule has 25 heavy (non-hydrogen) atoms. The minimum atomic E-state index is -1.27. The molecule has 0 spiro atoms. The van der Waals surface area contributed by atoms with Gasteiger partial charge < -0.3 is 21.3 Å². The number of aliphatic carboxylic acids is 1. The molecule has 1 saturated heterocycles. The van der Waals surface area contributed by atoms with E-state index in [2.05, 4.69) is 5.32 Å². The fraction of sp³-hybridized carbons (Fsp3) is 0.312. The topological polar surface area (TPSA) is 133 Å². The second-order valence-corrected chi connectivity index (χ2v) is 6.80. The van der Waals surface area contributed by atoms with E-state index in [1.165, 1.54) is 11.8 Å². The number of carbonyl (C=O) groups excluding carboxylic acids is 2. The van der Waals surface area contributed by atoms with Crippen LogP contribution in [0, 0.1) is 0 Å². The minimum Gasteiger partial charge on any atom is -0.477 e. The molecule has 5 N–H and O–H groups in total. The van der Waals surface area contributed by atoms with Gasteiger partial charge in [0.15, 0.2) is 0 Å². The molecule has 0 saturated carbocycles. The van der Waals surface area contributed by atoms with Crippen LogP contribution in [0.1, 0.15) is 11.6 Å². The van der Waals surface area contributed by atoms with Gasteiger partial charge in [0.2, 0.25) is 5.91 Å². The number of carbonyl (C=O) groups is 3. The van der Waals surface area contributed by atoms with Gasteiger partial charge in [-0.3, -0.25) is 14.5 Å². The summed E-state index contributed by atoms with van der Waals surface area (Å²) < 4.78 is 0. The van der Waals surface area contributed by atoms with Crippen molar-refractivity contribution in [3.05, 3.63) is 47.2 Å². The van der Waals surface area contributed by atoms with Gasteiger partial charge in [0.05, 0.1) is 6.61 Å². The lowest BCUT2D eigenvalue weighted by atomic mass is 10.0. The number of amides is 2. The summed E-state index contributed by atoms with van der Waals surface area (Å²) in [5.41, 5.74) is 6.62. The molecule has 0 unspecified atom stereocenters. The Kier molecular flexibility index (Phi) is 4.80. The molecule has 132 valence electrons. The number of nitrogens with zero attached hydrogens (tertiary/aromatic N) is 1. The molecule has 0 bridgehead atoms. The van der Waals surface area contributed by atoms with E-state index in [4.69, 9.17) is 5.73 Å². The Hall–Kier alpha value is -2.36. The molecule has 0 radical (unpaired) electrons. The molecule has 2 heterocycles. The standard InChI is InChI=1S/C16H17N3O5S/c17-10(8-4-2-1-3-5-8)13(21)18-11-14(22)19-12(16(23)24)9(6-20)7-25-15(11)19/h1-5,10-11,15,20H,6-7,17H2,(H,18,21)(H,23,24)/t10-,11-,15-/m1/s1. The van der Waals surface area contributed by atoms with Crippen molar-refractivity contribution >= 4 is 29.5 Å².